The molecule has 88 valence electrons. The topological polar surface area (TPSA) is 83.8 Å². The van der Waals surface area contributed by atoms with E-state index in [1.807, 2.05) is 0 Å². The van der Waals surface area contributed by atoms with Crippen LogP contribution >= 0.6 is 11.6 Å². The van der Waals surface area contributed by atoms with Gasteiger partial charge in [-0.25, -0.2) is 0 Å². The molecule has 1 heterocycles. The number of halogens is 1. The number of hydrogen-bond acceptors (Lipinski definition) is 3. The molecule has 0 radical (unpaired) electrons. The van der Waals surface area contributed by atoms with E-state index in [2.05, 4.69) is 15.5 Å². The van der Waals surface area contributed by atoms with Crippen molar-refractivity contribution in [3.8, 4) is 0 Å². The molecule has 0 aliphatic carbocycles. The number of anilines is 2. The van der Waals surface area contributed by atoms with Gasteiger partial charge in [-0.2, -0.15) is 5.10 Å². The van der Waals surface area contributed by atoms with Crippen LogP contribution in [0.2, 0.25) is 5.02 Å². The van der Waals surface area contributed by atoms with Crippen LogP contribution in [0, 0.1) is 6.92 Å². The second-order valence-electron chi connectivity index (χ2n) is 3.57. The fraction of sp³-hybridized carbons (Fsp3) is 0.0909. The van der Waals surface area contributed by atoms with Gasteiger partial charge in [0.2, 0.25) is 0 Å². The van der Waals surface area contributed by atoms with Gasteiger partial charge < -0.3 is 11.1 Å². The minimum absolute atomic E-state index is 0.192. The molecular formula is C11H11ClN4O. The van der Waals surface area contributed by atoms with E-state index in [-0.39, 0.29) is 11.6 Å². The molecule has 2 aromatic rings. The van der Waals surface area contributed by atoms with Crippen LogP contribution in [-0.2, 0) is 0 Å². The predicted molar refractivity (Wildman–Crippen MR) is 67.1 cm³/mol. The van der Waals surface area contributed by atoms with Crippen molar-refractivity contribution in [1.29, 1.82) is 0 Å². The van der Waals surface area contributed by atoms with Crippen LogP contribution in [0.4, 0.5) is 11.4 Å². The number of aryl methyl sites for hydroxylation is 1. The summed E-state index contributed by atoms with van der Waals surface area (Å²) in [7, 11) is 0. The number of H-pyrrole nitrogens is 1. The number of nitrogen functional groups attached to an aromatic ring is 1. The van der Waals surface area contributed by atoms with E-state index in [4.69, 9.17) is 17.3 Å². The van der Waals surface area contributed by atoms with Crippen LogP contribution in [0.3, 0.4) is 0 Å². The molecule has 0 aliphatic heterocycles. The standard InChI is InChI=1S/C11H11ClN4O/c1-6-9(13)10(16-15-6)11(17)14-8-4-2-7(12)3-5-8/h2-5H,13H2,1H3,(H,14,17)(H,15,16). The zero-order chi connectivity index (χ0) is 12.4. The highest BCUT2D eigenvalue weighted by Gasteiger charge is 2.15. The van der Waals surface area contributed by atoms with Gasteiger partial charge in [0.25, 0.3) is 5.91 Å². The van der Waals surface area contributed by atoms with E-state index >= 15 is 0 Å². The molecule has 0 unspecified atom stereocenters. The molecule has 1 aromatic heterocycles. The second-order valence-corrected chi connectivity index (χ2v) is 4.01. The molecular weight excluding hydrogens is 240 g/mol. The number of nitrogens with one attached hydrogen (secondary N) is 2. The van der Waals surface area contributed by atoms with Gasteiger partial charge in [0.05, 0.1) is 11.4 Å². The molecule has 5 nitrogen and oxygen atoms in total. The number of carbonyl (C=O) groups excluding carboxylic acids is 1. The Morgan fingerprint density at radius 2 is 2.06 bits per heavy atom. The largest absolute Gasteiger partial charge is 0.395 e. The number of amides is 1. The van der Waals surface area contributed by atoms with Crippen LogP contribution < -0.4 is 11.1 Å². The molecule has 0 aliphatic rings. The molecule has 1 aromatic carbocycles. The molecule has 6 heteroatoms. The van der Waals surface area contributed by atoms with Crippen molar-refractivity contribution >= 4 is 28.9 Å². The van der Waals surface area contributed by atoms with E-state index in [0.717, 1.165) is 0 Å². The number of hydrogen-bond donors (Lipinski definition) is 3. The number of benzene rings is 1. The quantitative estimate of drug-likeness (QED) is 0.764. The first kappa shape index (κ1) is 11.5. The van der Waals surface area contributed by atoms with E-state index in [1.165, 1.54) is 0 Å². The Kier molecular flexibility index (Phi) is 3.01. The molecule has 0 saturated carbocycles. The Bertz CT molecular complexity index is 547. The van der Waals surface area contributed by atoms with Gasteiger partial charge in [-0.05, 0) is 31.2 Å². The molecule has 2 rings (SSSR count). The summed E-state index contributed by atoms with van der Waals surface area (Å²) in [6.07, 6.45) is 0. The van der Waals surface area contributed by atoms with E-state index in [0.29, 0.717) is 22.1 Å². The van der Waals surface area contributed by atoms with Crippen LogP contribution in [0.25, 0.3) is 0 Å². The minimum Gasteiger partial charge on any atom is -0.395 e. The van der Waals surface area contributed by atoms with E-state index < -0.39 is 0 Å². The van der Waals surface area contributed by atoms with Gasteiger partial charge in [0, 0.05) is 10.7 Å². The number of nitrogens with zero attached hydrogens (tertiary/aromatic N) is 1. The van der Waals surface area contributed by atoms with E-state index in [9.17, 15) is 4.79 Å². The third kappa shape index (κ3) is 2.39. The Labute approximate surface area is 103 Å². The van der Waals surface area contributed by atoms with Crippen molar-refractivity contribution < 1.29 is 4.79 Å². The van der Waals surface area contributed by atoms with Crippen molar-refractivity contribution in [1.82, 2.24) is 10.2 Å². The lowest BCUT2D eigenvalue weighted by Crippen LogP contribution is -2.14. The number of rotatable bonds is 2. The highest BCUT2D eigenvalue weighted by atomic mass is 35.5. The Morgan fingerprint density at radius 1 is 1.41 bits per heavy atom. The lowest BCUT2D eigenvalue weighted by atomic mass is 10.2. The van der Waals surface area contributed by atoms with Gasteiger partial charge in [-0.1, -0.05) is 11.6 Å². The molecule has 17 heavy (non-hydrogen) atoms. The Balaban J connectivity index is 2.17. The number of aromatic nitrogens is 2. The number of carbonyl (C=O) groups is 1. The Morgan fingerprint density at radius 3 is 2.59 bits per heavy atom. The zero-order valence-corrected chi connectivity index (χ0v) is 9.88. The molecule has 0 spiro atoms. The highest BCUT2D eigenvalue weighted by Crippen LogP contribution is 2.17. The summed E-state index contributed by atoms with van der Waals surface area (Å²) in [5.41, 5.74) is 7.57. The molecule has 0 saturated heterocycles. The first-order valence-corrected chi connectivity index (χ1v) is 5.33. The zero-order valence-electron chi connectivity index (χ0n) is 9.12. The third-order valence-electron chi connectivity index (χ3n) is 2.31. The van der Waals surface area contributed by atoms with Gasteiger partial charge in [0.1, 0.15) is 0 Å². The van der Waals surface area contributed by atoms with Crippen LogP contribution in [0.15, 0.2) is 24.3 Å². The maximum absolute atomic E-state index is 11.8. The maximum Gasteiger partial charge on any atom is 0.278 e. The van der Waals surface area contributed by atoms with Crippen LogP contribution in [0.5, 0.6) is 0 Å². The molecule has 4 N–H and O–H groups in total. The first-order chi connectivity index (χ1) is 8.08. The smallest absolute Gasteiger partial charge is 0.278 e. The molecule has 0 bridgehead atoms. The summed E-state index contributed by atoms with van der Waals surface area (Å²) < 4.78 is 0. The lowest BCUT2D eigenvalue weighted by molar-refractivity contribution is 0.102. The van der Waals surface area contributed by atoms with Crippen molar-refractivity contribution in [2.75, 3.05) is 11.1 Å². The predicted octanol–water partition coefficient (Wildman–Crippen LogP) is 2.21. The SMILES string of the molecule is Cc1[nH]nc(C(=O)Nc2ccc(Cl)cc2)c1N. The summed E-state index contributed by atoms with van der Waals surface area (Å²) in [5.74, 6) is -0.353. The minimum atomic E-state index is -0.353. The third-order valence-corrected chi connectivity index (χ3v) is 2.56. The van der Waals surface area contributed by atoms with Crippen molar-refractivity contribution in [2.45, 2.75) is 6.92 Å². The summed E-state index contributed by atoms with van der Waals surface area (Å²) >= 11 is 5.74. The van der Waals surface area contributed by atoms with E-state index in [1.54, 1.807) is 31.2 Å². The summed E-state index contributed by atoms with van der Waals surface area (Å²) in [6, 6.07) is 6.79. The maximum atomic E-state index is 11.8. The van der Waals surface area contributed by atoms with Crippen molar-refractivity contribution in [2.24, 2.45) is 0 Å². The molecule has 1 amide bonds. The normalized spacial score (nSPS) is 10.2. The average molecular weight is 251 g/mol. The lowest BCUT2D eigenvalue weighted by Gasteiger charge is -2.03. The van der Waals surface area contributed by atoms with Gasteiger partial charge >= 0.3 is 0 Å². The number of nitrogens with two attached hydrogens (primary N) is 1. The fourth-order valence-electron chi connectivity index (χ4n) is 1.33. The fourth-order valence-corrected chi connectivity index (χ4v) is 1.46. The first-order valence-electron chi connectivity index (χ1n) is 4.95. The summed E-state index contributed by atoms with van der Waals surface area (Å²) in [5, 5.41) is 9.79. The van der Waals surface area contributed by atoms with Gasteiger partial charge in [0.15, 0.2) is 5.69 Å². The highest BCUT2D eigenvalue weighted by molar-refractivity contribution is 6.30. The number of aromatic amines is 1. The Hall–Kier alpha value is -2.01. The summed E-state index contributed by atoms with van der Waals surface area (Å²) in [4.78, 5) is 11.8. The molecule has 0 atom stereocenters. The van der Waals surface area contributed by atoms with Crippen molar-refractivity contribution in [3.05, 3.63) is 40.7 Å². The van der Waals surface area contributed by atoms with Gasteiger partial charge in [-0.15, -0.1) is 0 Å². The average Bonchev–Trinajstić information content (AvgIpc) is 2.63. The second kappa shape index (κ2) is 4.47. The molecule has 0 fully saturated rings. The van der Waals surface area contributed by atoms with Crippen LogP contribution in [-0.4, -0.2) is 16.1 Å². The monoisotopic (exact) mass is 250 g/mol. The summed E-state index contributed by atoms with van der Waals surface area (Å²) in [6.45, 7) is 1.75. The van der Waals surface area contributed by atoms with Gasteiger partial charge in [-0.3, -0.25) is 9.89 Å². The van der Waals surface area contributed by atoms with Crippen LogP contribution in [0.1, 0.15) is 16.2 Å². The van der Waals surface area contributed by atoms with Crippen molar-refractivity contribution in [3.63, 3.8) is 0 Å².